The molecule has 0 aromatic heterocycles. The summed E-state index contributed by atoms with van der Waals surface area (Å²) in [5.41, 5.74) is 0.645. The molecule has 8 nitrogen and oxygen atoms in total. The lowest BCUT2D eigenvalue weighted by Gasteiger charge is -2.33. The van der Waals surface area contributed by atoms with Crippen LogP contribution in [0.1, 0.15) is 30.9 Å². The van der Waals surface area contributed by atoms with Gasteiger partial charge >= 0.3 is 12.0 Å². The van der Waals surface area contributed by atoms with Crippen molar-refractivity contribution in [2.24, 2.45) is 0 Å². The Morgan fingerprint density at radius 1 is 1.39 bits per heavy atom. The second-order valence-electron chi connectivity index (χ2n) is 6.90. The SMILES string of the molecule is C=CCNC(=O)[C@@H](C)OC(=O)CN1C(=O)N[C@]2(CCCc3ccccc32)C1=O. The van der Waals surface area contributed by atoms with Crippen LogP contribution in [0.25, 0.3) is 0 Å². The summed E-state index contributed by atoms with van der Waals surface area (Å²) in [5.74, 6) is -1.78. The van der Waals surface area contributed by atoms with Crippen molar-refractivity contribution in [2.45, 2.75) is 37.8 Å². The van der Waals surface area contributed by atoms with Crippen molar-refractivity contribution in [3.63, 3.8) is 0 Å². The molecule has 3 rings (SSSR count). The molecule has 1 fully saturated rings. The predicted octanol–water partition coefficient (Wildman–Crippen LogP) is 1.00. The first-order valence-electron chi connectivity index (χ1n) is 9.19. The van der Waals surface area contributed by atoms with Gasteiger partial charge in [0.15, 0.2) is 6.10 Å². The van der Waals surface area contributed by atoms with Crippen molar-refractivity contribution in [2.75, 3.05) is 13.1 Å². The zero-order chi connectivity index (χ0) is 20.3. The van der Waals surface area contributed by atoms with Gasteiger partial charge in [0.1, 0.15) is 12.1 Å². The van der Waals surface area contributed by atoms with E-state index in [0.29, 0.717) is 6.42 Å². The van der Waals surface area contributed by atoms with Crippen LogP contribution in [0.4, 0.5) is 4.79 Å². The molecule has 0 unspecified atom stereocenters. The molecule has 1 heterocycles. The Hall–Kier alpha value is -3.16. The van der Waals surface area contributed by atoms with Crippen LogP contribution in [0.2, 0.25) is 0 Å². The minimum atomic E-state index is -1.14. The van der Waals surface area contributed by atoms with Gasteiger partial charge in [0.25, 0.3) is 11.8 Å². The first-order valence-corrected chi connectivity index (χ1v) is 9.19. The molecule has 0 saturated carbocycles. The molecule has 0 bridgehead atoms. The van der Waals surface area contributed by atoms with Gasteiger partial charge in [-0.25, -0.2) is 4.79 Å². The highest BCUT2D eigenvalue weighted by Gasteiger charge is 2.54. The lowest BCUT2D eigenvalue weighted by atomic mass is 9.76. The number of carbonyl (C=O) groups is 4. The number of nitrogens with zero attached hydrogens (tertiary/aromatic N) is 1. The molecule has 4 amide bonds. The van der Waals surface area contributed by atoms with E-state index in [2.05, 4.69) is 17.2 Å². The summed E-state index contributed by atoms with van der Waals surface area (Å²) in [6, 6.07) is 6.86. The molecule has 1 aromatic carbocycles. The topological polar surface area (TPSA) is 105 Å². The minimum Gasteiger partial charge on any atom is -0.451 e. The van der Waals surface area contributed by atoms with Crippen LogP contribution in [0, 0.1) is 0 Å². The maximum atomic E-state index is 13.1. The van der Waals surface area contributed by atoms with Crippen LogP contribution in [0.15, 0.2) is 36.9 Å². The molecule has 28 heavy (non-hydrogen) atoms. The number of imide groups is 1. The zero-order valence-electron chi connectivity index (χ0n) is 15.7. The fourth-order valence-corrected chi connectivity index (χ4v) is 3.69. The fourth-order valence-electron chi connectivity index (χ4n) is 3.69. The molecular weight excluding hydrogens is 362 g/mol. The van der Waals surface area contributed by atoms with E-state index in [4.69, 9.17) is 4.74 Å². The van der Waals surface area contributed by atoms with Crippen LogP contribution in [0.5, 0.6) is 0 Å². The van der Waals surface area contributed by atoms with Gasteiger partial charge in [-0.1, -0.05) is 30.3 Å². The Kier molecular flexibility index (Phi) is 5.48. The van der Waals surface area contributed by atoms with Crippen LogP contribution in [0.3, 0.4) is 0 Å². The Balaban J connectivity index is 1.71. The Morgan fingerprint density at radius 2 is 2.14 bits per heavy atom. The van der Waals surface area contributed by atoms with E-state index >= 15 is 0 Å². The highest BCUT2D eigenvalue weighted by Crippen LogP contribution is 2.39. The summed E-state index contributed by atoms with van der Waals surface area (Å²) in [6.07, 6.45) is 2.52. The number of ether oxygens (including phenoxy) is 1. The average Bonchev–Trinajstić information content (AvgIpc) is 2.91. The highest BCUT2D eigenvalue weighted by molar-refractivity contribution is 6.09. The van der Waals surface area contributed by atoms with E-state index in [0.717, 1.165) is 28.9 Å². The first kappa shape index (κ1) is 19.6. The molecule has 2 atom stereocenters. The molecular formula is C20H23N3O5. The maximum absolute atomic E-state index is 13.1. The van der Waals surface area contributed by atoms with Crippen LogP contribution >= 0.6 is 0 Å². The van der Waals surface area contributed by atoms with Gasteiger partial charge in [-0.05, 0) is 37.3 Å². The second kappa shape index (κ2) is 7.84. The molecule has 1 saturated heterocycles. The lowest BCUT2D eigenvalue weighted by Crippen LogP contribution is -2.47. The second-order valence-corrected chi connectivity index (χ2v) is 6.90. The summed E-state index contributed by atoms with van der Waals surface area (Å²) in [4.78, 5) is 50.4. The number of aryl methyl sites for hydroxylation is 1. The number of rotatable bonds is 6. The van der Waals surface area contributed by atoms with E-state index in [-0.39, 0.29) is 6.54 Å². The Bertz CT molecular complexity index is 837. The maximum Gasteiger partial charge on any atom is 0.327 e. The zero-order valence-corrected chi connectivity index (χ0v) is 15.7. The molecule has 8 heteroatoms. The first-order chi connectivity index (χ1) is 13.4. The number of carbonyl (C=O) groups excluding carboxylic acids is 4. The van der Waals surface area contributed by atoms with Gasteiger partial charge in [0.05, 0.1) is 0 Å². The van der Waals surface area contributed by atoms with Crippen molar-refractivity contribution in [3.05, 3.63) is 48.0 Å². The van der Waals surface area contributed by atoms with Gasteiger partial charge < -0.3 is 15.4 Å². The quantitative estimate of drug-likeness (QED) is 0.432. The third kappa shape index (κ3) is 3.49. The average molecular weight is 385 g/mol. The van der Waals surface area contributed by atoms with E-state index in [1.54, 1.807) is 0 Å². The summed E-state index contributed by atoms with van der Waals surface area (Å²) < 4.78 is 5.05. The number of esters is 1. The molecule has 1 spiro atoms. The van der Waals surface area contributed by atoms with Gasteiger partial charge in [-0.15, -0.1) is 6.58 Å². The number of hydrogen-bond acceptors (Lipinski definition) is 5. The third-order valence-electron chi connectivity index (χ3n) is 5.04. The standard InChI is InChI=1S/C20H23N3O5/c1-3-11-21-17(25)13(2)28-16(24)12-23-18(26)20(22-19(23)27)10-6-8-14-7-4-5-9-15(14)20/h3-5,7,9,13H,1,6,8,10-12H2,2H3,(H,21,25)(H,22,27)/t13-,20+/m1/s1. The monoisotopic (exact) mass is 385 g/mol. The smallest absolute Gasteiger partial charge is 0.327 e. The molecule has 0 radical (unpaired) electrons. The Labute approximate surface area is 162 Å². The van der Waals surface area contributed by atoms with Crippen molar-refractivity contribution < 1.29 is 23.9 Å². The van der Waals surface area contributed by atoms with Crippen LogP contribution < -0.4 is 10.6 Å². The third-order valence-corrected chi connectivity index (χ3v) is 5.04. The minimum absolute atomic E-state index is 0.246. The Morgan fingerprint density at radius 3 is 2.89 bits per heavy atom. The molecule has 2 aliphatic rings. The van der Waals surface area contributed by atoms with Crippen LogP contribution in [-0.2, 0) is 31.1 Å². The summed E-state index contributed by atoms with van der Waals surface area (Å²) in [6.45, 7) is 4.60. The molecule has 148 valence electrons. The van der Waals surface area contributed by atoms with Gasteiger partial charge in [0.2, 0.25) is 0 Å². The normalized spacial score (nSPS) is 21.7. The predicted molar refractivity (Wildman–Crippen MR) is 100 cm³/mol. The highest BCUT2D eigenvalue weighted by atomic mass is 16.5. The van der Waals surface area contributed by atoms with E-state index in [9.17, 15) is 19.2 Å². The van der Waals surface area contributed by atoms with E-state index in [1.165, 1.54) is 13.0 Å². The van der Waals surface area contributed by atoms with Gasteiger partial charge in [-0.3, -0.25) is 19.3 Å². The number of benzene rings is 1. The molecule has 2 N–H and O–H groups in total. The number of fused-ring (bicyclic) bond motifs is 2. The lowest BCUT2D eigenvalue weighted by molar-refractivity contribution is -0.156. The van der Waals surface area contributed by atoms with Crippen LogP contribution in [-0.4, -0.2) is 47.9 Å². The molecule has 1 aliphatic heterocycles. The number of nitrogens with one attached hydrogen (secondary N) is 2. The number of amides is 4. The van der Waals surface area contributed by atoms with Gasteiger partial charge in [-0.2, -0.15) is 0 Å². The summed E-state index contributed by atoms with van der Waals surface area (Å²) in [5, 5.41) is 5.29. The van der Waals surface area contributed by atoms with Crippen molar-refractivity contribution in [3.8, 4) is 0 Å². The van der Waals surface area contributed by atoms with Crippen molar-refractivity contribution >= 4 is 23.8 Å². The number of hydrogen-bond donors (Lipinski definition) is 2. The molecule has 1 aliphatic carbocycles. The van der Waals surface area contributed by atoms with Crippen molar-refractivity contribution in [1.29, 1.82) is 0 Å². The summed E-state index contributed by atoms with van der Waals surface area (Å²) in [7, 11) is 0. The van der Waals surface area contributed by atoms with Crippen molar-refractivity contribution in [1.82, 2.24) is 15.5 Å². The number of urea groups is 1. The van der Waals surface area contributed by atoms with Gasteiger partial charge in [0, 0.05) is 6.54 Å². The van der Waals surface area contributed by atoms with E-state index in [1.807, 2.05) is 24.3 Å². The largest absolute Gasteiger partial charge is 0.451 e. The summed E-state index contributed by atoms with van der Waals surface area (Å²) >= 11 is 0. The molecule has 1 aromatic rings. The fraction of sp³-hybridized carbons (Fsp3) is 0.400. The van der Waals surface area contributed by atoms with E-state index < -0.39 is 42.0 Å².